The summed E-state index contributed by atoms with van der Waals surface area (Å²) in [4.78, 5) is 20.5. The molecule has 64 heavy (non-hydrogen) atoms. The van der Waals surface area contributed by atoms with E-state index >= 15 is 0 Å². The molecule has 0 bridgehead atoms. The van der Waals surface area contributed by atoms with Crippen molar-refractivity contribution in [2.24, 2.45) is 0 Å². The van der Waals surface area contributed by atoms with Gasteiger partial charge in [0.05, 0.1) is 11.0 Å². The maximum Gasteiger partial charge on any atom is 0.227 e. The molecule has 0 aliphatic heterocycles. The van der Waals surface area contributed by atoms with Crippen LogP contribution in [0.3, 0.4) is 0 Å². The predicted octanol–water partition coefficient (Wildman–Crippen LogP) is 14.8. The van der Waals surface area contributed by atoms with Gasteiger partial charge in [0, 0.05) is 44.3 Å². The molecule has 0 aliphatic rings. The summed E-state index contributed by atoms with van der Waals surface area (Å²) in [6, 6.07) is 77.6. The quantitative estimate of drug-likeness (QED) is 0.153. The number of benzene rings is 9. The van der Waals surface area contributed by atoms with Gasteiger partial charge in [0.25, 0.3) is 0 Å². The van der Waals surface area contributed by atoms with Crippen LogP contribution in [0.15, 0.2) is 229 Å². The molecule has 0 N–H and O–H groups in total. The summed E-state index contributed by atoms with van der Waals surface area (Å²) >= 11 is 0. The van der Waals surface area contributed by atoms with Crippen molar-refractivity contribution in [3.05, 3.63) is 224 Å². The lowest BCUT2D eigenvalue weighted by atomic mass is 9.97. The fourth-order valence-corrected chi connectivity index (χ4v) is 8.76. The minimum absolute atomic E-state index is 0.595. The number of hydrogen-bond acceptors (Lipinski definition) is 5. The van der Waals surface area contributed by atoms with Gasteiger partial charge in [0.2, 0.25) is 5.89 Å². The lowest BCUT2D eigenvalue weighted by molar-refractivity contribution is 0.620. The standard InChI is InChI=1S/C58H37N5O/c1-4-15-38(16-5-1)39-29-31-40(32-30-39)55-60-56(62-57(61-55)46-33-34-52-50(37-46)49-25-10-11-27-51(49)63(52)47-23-8-3-9-24-47)45-22-13-20-43(36-45)42-19-12-21-44(35-42)48-26-14-28-53-54(48)59-58(64-53)41-17-6-2-7-18-41/h1-37H. The number of para-hydroxylation sites is 3. The van der Waals surface area contributed by atoms with Crippen LogP contribution < -0.4 is 0 Å². The molecule has 0 fully saturated rings. The van der Waals surface area contributed by atoms with E-state index in [0.717, 1.165) is 88.8 Å². The maximum absolute atomic E-state index is 6.23. The van der Waals surface area contributed by atoms with Gasteiger partial charge in [-0.2, -0.15) is 0 Å². The molecule has 0 aliphatic carbocycles. The van der Waals surface area contributed by atoms with E-state index in [1.807, 2.05) is 48.5 Å². The molecule has 9 aromatic carbocycles. The van der Waals surface area contributed by atoms with E-state index in [9.17, 15) is 0 Å². The molecule has 0 spiro atoms. The molecule has 0 amide bonds. The summed E-state index contributed by atoms with van der Waals surface area (Å²) in [7, 11) is 0. The Morgan fingerprint density at radius 2 is 0.812 bits per heavy atom. The average molecular weight is 820 g/mol. The van der Waals surface area contributed by atoms with Gasteiger partial charge in [-0.15, -0.1) is 0 Å². The lowest BCUT2D eigenvalue weighted by Crippen LogP contribution is -2.00. The van der Waals surface area contributed by atoms with E-state index in [1.54, 1.807) is 0 Å². The van der Waals surface area contributed by atoms with Crippen LogP contribution >= 0.6 is 0 Å². The Labute approximate surface area is 369 Å². The summed E-state index contributed by atoms with van der Waals surface area (Å²) in [5, 5.41) is 2.30. The van der Waals surface area contributed by atoms with Crippen molar-refractivity contribution in [1.29, 1.82) is 0 Å². The highest BCUT2D eigenvalue weighted by Gasteiger charge is 2.18. The monoisotopic (exact) mass is 819 g/mol. The largest absolute Gasteiger partial charge is 0.436 e. The number of rotatable bonds is 8. The summed E-state index contributed by atoms with van der Waals surface area (Å²) in [6.45, 7) is 0. The molecule has 0 atom stereocenters. The molecule has 0 saturated carbocycles. The van der Waals surface area contributed by atoms with E-state index in [-0.39, 0.29) is 0 Å². The first-order chi connectivity index (χ1) is 31.7. The molecule has 12 aromatic rings. The van der Waals surface area contributed by atoms with Crippen LogP contribution in [0.5, 0.6) is 0 Å². The third kappa shape index (κ3) is 6.71. The molecule has 3 aromatic heterocycles. The topological polar surface area (TPSA) is 69.6 Å². The Kier molecular flexibility index (Phi) is 9.05. The summed E-state index contributed by atoms with van der Waals surface area (Å²) in [5.41, 5.74) is 15.1. The van der Waals surface area contributed by atoms with Crippen LogP contribution in [0.25, 0.3) is 118 Å². The number of nitrogens with zero attached hydrogens (tertiary/aromatic N) is 5. The first kappa shape index (κ1) is 37.1. The van der Waals surface area contributed by atoms with Crippen LogP contribution in [-0.2, 0) is 0 Å². The SMILES string of the molecule is c1ccc(-c2ccc(-c3nc(-c4cccc(-c5cccc(-c6cccc7oc(-c8ccccc8)nc67)c5)c4)nc(-c4ccc5c(c4)c4ccccc4n5-c4ccccc4)n3)cc2)cc1. The van der Waals surface area contributed by atoms with E-state index in [4.69, 9.17) is 24.4 Å². The van der Waals surface area contributed by atoms with E-state index in [0.29, 0.717) is 23.4 Å². The summed E-state index contributed by atoms with van der Waals surface area (Å²) in [5.74, 6) is 2.41. The van der Waals surface area contributed by atoms with Crippen LogP contribution in [0.1, 0.15) is 0 Å². The third-order valence-electron chi connectivity index (χ3n) is 11.9. The molecule has 6 heteroatoms. The fourth-order valence-electron chi connectivity index (χ4n) is 8.76. The highest BCUT2D eigenvalue weighted by atomic mass is 16.3. The Morgan fingerprint density at radius 1 is 0.312 bits per heavy atom. The summed E-state index contributed by atoms with van der Waals surface area (Å²) in [6.07, 6.45) is 0. The maximum atomic E-state index is 6.23. The molecule has 300 valence electrons. The Hall–Kier alpha value is -8.74. The van der Waals surface area contributed by atoms with Crippen molar-refractivity contribution < 1.29 is 4.42 Å². The lowest BCUT2D eigenvalue weighted by Gasteiger charge is -2.11. The molecular weight excluding hydrogens is 783 g/mol. The predicted molar refractivity (Wildman–Crippen MR) is 260 cm³/mol. The molecule has 3 heterocycles. The second kappa shape index (κ2) is 15.6. The zero-order chi connectivity index (χ0) is 42.4. The van der Waals surface area contributed by atoms with Crippen LogP contribution in [0.2, 0.25) is 0 Å². The Bertz CT molecular complexity index is 3650. The molecule has 0 unspecified atom stereocenters. The van der Waals surface area contributed by atoms with Gasteiger partial charge in [-0.05, 0) is 94.5 Å². The number of hydrogen-bond donors (Lipinski definition) is 0. The van der Waals surface area contributed by atoms with Crippen molar-refractivity contribution in [3.63, 3.8) is 0 Å². The smallest absolute Gasteiger partial charge is 0.227 e. The zero-order valence-electron chi connectivity index (χ0n) is 34.5. The first-order valence-electron chi connectivity index (χ1n) is 21.4. The molecule has 12 rings (SSSR count). The Balaban J connectivity index is 0.967. The Morgan fingerprint density at radius 3 is 1.55 bits per heavy atom. The molecular formula is C58H37N5O. The van der Waals surface area contributed by atoms with Gasteiger partial charge < -0.3 is 8.98 Å². The molecule has 0 saturated heterocycles. The molecule has 6 nitrogen and oxygen atoms in total. The first-order valence-corrected chi connectivity index (χ1v) is 21.4. The molecule has 0 radical (unpaired) electrons. The van der Waals surface area contributed by atoms with Crippen molar-refractivity contribution in [2.45, 2.75) is 0 Å². The highest BCUT2D eigenvalue weighted by molar-refractivity contribution is 6.10. The van der Waals surface area contributed by atoms with Gasteiger partial charge in [0.15, 0.2) is 23.1 Å². The van der Waals surface area contributed by atoms with Gasteiger partial charge in [-0.3, -0.25) is 0 Å². The van der Waals surface area contributed by atoms with Gasteiger partial charge in [0.1, 0.15) is 5.52 Å². The van der Waals surface area contributed by atoms with Crippen LogP contribution in [0.4, 0.5) is 0 Å². The van der Waals surface area contributed by atoms with Gasteiger partial charge in [-0.25, -0.2) is 19.9 Å². The van der Waals surface area contributed by atoms with Crippen molar-refractivity contribution >= 4 is 32.9 Å². The van der Waals surface area contributed by atoms with E-state index in [2.05, 4.69) is 180 Å². The van der Waals surface area contributed by atoms with Gasteiger partial charge >= 0.3 is 0 Å². The minimum atomic E-state index is 0.595. The summed E-state index contributed by atoms with van der Waals surface area (Å²) < 4.78 is 8.55. The van der Waals surface area contributed by atoms with Crippen LogP contribution in [0, 0.1) is 0 Å². The minimum Gasteiger partial charge on any atom is -0.436 e. The second-order valence-electron chi connectivity index (χ2n) is 15.9. The van der Waals surface area contributed by atoms with Crippen LogP contribution in [-0.4, -0.2) is 24.5 Å². The number of oxazole rings is 1. The van der Waals surface area contributed by atoms with Crippen molar-refractivity contribution in [2.75, 3.05) is 0 Å². The van der Waals surface area contributed by atoms with Gasteiger partial charge in [-0.1, -0.05) is 158 Å². The normalized spacial score (nSPS) is 11.4. The zero-order valence-corrected chi connectivity index (χ0v) is 34.5. The third-order valence-corrected chi connectivity index (χ3v) is 11.9. The highest BCUT2D eigenvalue weighted by Crippen LogP contribution is 2.37. The average Bonchev–Trinajstić information content (AvgIpc) is 3.97. The number of aromatic nitrogens is 5. The fraction of sp³-hybridized carbons (Fsp3) is 0. The van der Waals surface area contributed by atoms with Crippen molar-refractivity contribution in [1.82, 2.24) is 24.5 Å². The second-order valence-corrected chi connectivity index (χ2v) is 15.9. The van der Waals surface area contributed by atoms with Crippen molar-refractivity contribution in [3.8, 4) is 84.7 Å². The van der Waals surface area contributed by atoms with E-state index < -0.39 is 0 Å². The number of fused-ring (bicyclic) bond motifs is 4. The van der Waals surface area contributed by atoms with E-state index in [1.165, 1.54) is 5.39 Å².